The third kappa shape index (κ3) is 5.41. The Bertz CT molecular complexity index is 946. The number of carbonyl (C=O) groups is 2. The number of nitrogens with zero attached hydrogens (tertiary/aromatic N) is 1. The fourth-order valence-corrected chi connectivity index (χ4v) is 2.98. The van der Waals surface area contributed by atoms with Crippen LogP contribution in [0.2, 0.25) is 0 Å². The first-order chi connectivity index (χ1) is 12.3. The van der Waals surface area contributed by atoms with Crippen LogP contribution in [0.1, 0.15) is 12.5 Å². The number of sulfonamides is 1. The van der Waals surface area contributed by atoms with Crippen molar-refractivity contribution >= 4 is 33.2 Å². The molecule has 2 aromatic carbocycles. The second kappa shape index (κ2) is 8.24. The largest absolute Gasteiger partial charge is 0.326 e. The average molecular weight is 372 g/mol. The lowest BCUT2D eigenvalue weighted by Crippen LogP contribution is -2.32. The standard InChI is InChI=1S/C17H16N4O4S/c1-12(22)20-14-6-8-16(9-7-14)26(24,25)19-11-17(23)21-15-4-2-13(10-18)3-5-15/h2-9,19H,11H2,1H3,(H,20,22)(H,21,23). The summed E-state index contributed by atoms with van der Waals surface area (Å²) in [6.07, 6.45) is 0. The van der Waals surface area contributed by atoms with Crippen LogP contribution in [0.25, 0.3) is 0 Å². The number of hydrogen-bond donors (Lipinski definition) is 3. The maximum Gasteiger partial charge on any atom is 0.241 e. The van der Waals surface area contributed by atoms with Crippen molar-refractivity contribution in [3.05, 3.63) is 54.1 Å². The molecule has 0 unspecified atom stereocenters. The quantitative estimate of drug-likeness (QED) is 0.707. The predicted molar refractivity (Wildman–Crippen MR) is 95.7 cm³/mol. The molecule has 0 aliphatic rings. The van der Waals surface area contributed by atoms with Crippen molar-refractivity contribution in [1.82, 2.24) is 4.72 Å². The monoisotopic (exact) mass is 372 g/mol. The summed E-state index contributed by atoms with van der Waals surface area (Å²) in [6.45, 7) is 0.897. The first kappa shape index (κ1) is 19.1. The molecule has 0 aliphatic heterocycles. The minimum atomic E-state index is -3.87. The Morgan fingerprint density at radius 3 is 2.04 bits per heavy atom. The zero-order valence-corrected chi connectivity index (χ0v) is 14.6. The number of anilines is 2. The van der Waals surface area contributed by atoms with Crippen molar-refractivity contribution in [3.63, 3.8) is 0 Å². The zero-order chi connectivity index (χ0) is 19.2. The van der Waals surface area contributed by atoms with Crippen LogP contribution < -0.4 is 15.4 Å². The Kier molecular flexibility index (Phi) is 6.06. The molecule has 8 nitrogen and oxygen atoms in total. The van der Waals surface area contributed by atoms with E-state index in [-0.39, 0.29) is 10.8 Å². The van der Waals surface area contributed by atoms with E-state index in [1.165, 1.54) is 43.3 Å². The van der Waals surface area contributed by atoms with Crippen molar-refractivity contribution in [2.75, 3.05) is 17.2 Å². The normalized spacial score (nSPS) is 10.6. The first-order valence-electron chi connectivity index (χ1n) is 7.47. The topological polar surface area (TPSA) is 128 Å². The number of nitriles is 1. The summed E-state index contributed by atoms with van der Waals surface area (Å²) >= 11 is 0. The molecule has 0 radical (unpaired) electrons. The number of hydrogen-bond acceptors (Lipinski definition) is 5. The van der Waals surface area contributed by atoms with Crippen LogP contribution in [0.4, 0.5) is 11.4 Å². The van der Waals surface area contributed by atoms with Crippen LogP contribution in [0, 0.1) is 11.3 Å². The lowest BCUT2D eigenvalue weighted by atomic mass is 10.2. The molecule has 0 aromatic heterocycles. The smallest absolute Gasteiger partial charge is 0.241 e. The molecule has 0 saturated heterocycles. The molecule has 134 valence electrons. The molecular formula is C17H16N4O4S. The van der Waals surface area contributed by atoms with Gasteiger partial charge < -0.3 is 10.6 Å². The van der Waals surface area contributed by atoms with E-state index in [9.17, 15) is 18.0 Å². The predicted octanol–water partition coefficient (Wildman–Crippen LogP) is 1.43. The highest BCUT2D eigenvalue weighted by molar-refractivity contribution is 7.89. The van der Waals surface area contributed by atoms with Crippen LogP contribution in [-0.2, 0) is 19.6 Å². The second-order valence-electron chi connectivity index (χ2n) is 5.27. The van der Waals surface area contributed by atoms with Crippen LogP contribution in [0.5, 0.6) is 0 Å². The van der Waals surface area contributed by atoms with Crippen molar-refractivity contribution < 1.29 is 18.0 Å². The number of rotatable bonds is 6. The fraction of sp³-hybridized carbons (Fsp3) is 0.118. The van der Waals surface area contributed by atoms with E-state index in [2.05, 4.69) is 15.4 Å². The van der Waals surface area contributed by atoms with Gasteiger partial charge in [0, 0.05) is 18.3 Å². The zero-order valence-electron chi connectivity index (χ0n) is 13.8. The maximum atomic E-state index is 12.2. The Hall–Kier alpha value is -3.22. The van der Waals surface area contributed by atoms with Gasteiger partial charge in [0.25, 0.3) is 0 Å². The van der Waals surface area contributed by atoms with Gasteiger partial charge in [-0.15, -0.1) is 0 Å². The highest BCUT2D eigenvalue weighted by atomic mass is 32.2. The summed E-state index contributed by atoms with van der Waals surface area (Å²) < 4.78 is 26.6. The fourth-order valence-electron chi connectivity index (χ4n) is 2.00. The van der Waals surface area contributed by atoms with Gasteiger partial charge in [-0.1, -0.05) is 0 Å². The van der Waals surface area contributed by atoms with Crippen LogP contribution in [0.15, 0.2) is 53.4 Å². The number of carbonyl (C=O) groups excluding carboxylic acids is 2. The molecule has 0 aliphatic carbocycles. The molecule has 0 fully saturated rings. The molecule has 26 heavy (non-hydrogen) atoms. The van der Waals surface area contributed by atoms with Gasteiger partial charge >= 0.3 is 0 Å². The van der Waals surface area contributed by atoms with Gasteiger partial charge in [0.1, 0.15) is 0 Å². The molecule has 0 heterocycles. The maximum absolute atomic E-state index is 12.2. The van der Waals surface area contributed by atoms with Gasteiger partial charge in [-0.2, -0.15) is 5.26 Å². The Balaban J connectivity index is 1.95. The van der Waals surface area contributed by atoms with Crippen LogP contribution in [-0.4, -0.2) is 26.8 Å². The molecular weight excluding hydrogens is 356 g/mol. The highest BCUT2D eigenvalue weighted by Gasteiger charge is 2.15. The SMILES string of the molecule is CC(=O)Nc1ccc(S(=O)(=O)NCC(=O)Nc2ccc(C#N)cc2)cc1. The van der Waals surface area contributed by atoms with Gasteiger partial charge in [-0.25, -0.2) is 13.1 Å². The number of amides is 2. The van der Waals surface area contributed by atoms with E-state index in [1.54, 1.807) is 12.1 Å². The van der Waals surface area contributed by atoms with E-state index in [0.717, 1.165) is 0 Å². The molecule has 0 spiro atoms. The van der Waals surface area contributed by atoms with Crippen LogP contribution >= 0.6 is 0 Å². The van der Waals surface area contributed by atoms with E-state index in [0.29, 0.717) is 16.9 Å². The third-order valence-corrected chi connectivity index (χ3v) is 4.62. The third-order valence-electron chi connectivity index (χ3n) is 3.21. The first-order valence-corrected chi connectivity index (χ1v) is 8.96. The number of nitrogens with one attached hydrogen (secondary N) is 3. The van der Waals surface area contributed by atoms with Gasteiger partial charge in [-0.3, -0.25) is 9.59 Å². The van der Waals surface area contributed by atoms with Gasteiger partial charge in [-0.05, 0) is 48.5 Å². The molecule has 0 bridgehead atoms. The minimum Gasteiger partial charge on any atom is -0.326 e. The van der Waals surface area contributed by atoms with Crippen molar-refractivity contribution in [2.24, 2.45) is 0 Å². The molecule has 3 N–H and O–H groups in total. The molecule has 2 aromatic rings. The average Bonchev–Trinajstić information content (AvgIpc) is 2.61. The summed E-state index contributed by atoms with van der Waals surface area (Å²) in [5, 5.41) is 13.8. The summed E-state index contributed by atoms with van der Waals surface area (Å²) in [6, 6.07) is 13.7. The van der Waals surface area contributed by atoms with Crippen molar-refractivity contribution in [2.45, 2.75) is 11.8 Å². The second-order valence-corrected chi connectivity index (χ2v) is 7.03. The van der Waals surface area contributed by atoms with Gasteiger partial charge in [0.2, 0.25) is 21.8 Å². The Labute approximate surface area is 150 Å². The van der Waals surface area contributed by atoms with E-state index >= 15 is 0 Å². The number of benzene rings is 2. The van der Waals surface area contributed by atoms with Gasteiger partial charge in [0.05, 0.1) is 23.1 Å². The molecule has 2 rings (SSSR count). The summed E-state index contributed by atoms with van der Waals surface area (Å²) in [4.78, 5) is 22.8. The van der Waals surface area contributed by atoms with Crippen molar-refractivity contribution in [3.8, 4) is 6.07 Å². The summed E-state index contributed by atoms with van der Waals surface area (Å²) in [7, 11) is -3.87. The lowest BCUT2D eigenvalue weighted by molar-refractivity contribution is -0.115. The Morgan fingerprint density at radius 2 is 1.50 bits per heavy atom. The summed E-state index contributed by atoms with van der Waals surface area (Å²) in [5.41, 5.74) is 1.37. The molecule has 0 atom stereocenters. The van der Waals surface area contributed by atoms with E-state index in [4.69, 9.17) is 5.26 Å². The molecule has 9 heteroatoms. The van der Waals surface area contributed by atoms with Gasteiger partial charge in [0.15, 0.2) is 0 Å². The molecule has 0 saturated carbocycles. The summed E-state index contributed by atoms with van der Waals surface area (Å²) in [5.74, 6) is -0.814. The van der Waals surface area contributed by atoms with Crippen LogP contribution in [0.3, 0.4) is 0 Å². The lowest BCUT2D eigenvalue weighted by Gasteiger charge is -2.09. The van der Waals surface area contributed by atoms with E-state index < -0.39 is 22.5 Å². The van der Waals surface area contributed by atoms with E-state index in [1.807, 2.05) is 6.07 Å². The highest BCUT2D eigenvalue weighted by Crippen LogP contribution is 2.14. The minimum absolute atomic E-state index is 0.0298. The molecule has 2 amide bonds. The van der Waals surface area contributed by atoms with Crippen molar-refractivity contribution in [1.29, 1.82) is 5.26 Å². The Morgan fingerprint density at radius 1 is 0.962 bits per heavy atom.